The molecule has 0 amide bonds. The molecule has 1 aromatic heterocycles. The number of carbonyl (C=O) groups excluding carboxylic acids is 1. The second-order valence-electron chi connectivity index (χ2n) is 4.18. The van der Waals surface area contributed by atoms with Crippen molar-refractivity contribution in [1.29, 1.82) is 0 Å². The fourth-order valence-corrected chi connectivity index (χ4v) is 2.12. The molecule has 0 unspecified atom stereocenters. The Morgan fingerprint density at radius 1 is 1.27 bits per heavy atom. The molecule has 1 saturated carbocycles. The molecular weight excluding hydrogens is 188 g/mol. The predicted octanol–water partition coefficient (Wildman–Crippen LogP) is 2.43. The first-order valence-corrected chi connectivity index (χ1v) is 5.53. The lowest BCUT2D eigenvalue weighted by atomic mass is 9.85. The molecule has 2 rings (SSSR count). The fourth-order valence-electron chi connectivity index (χ4n) is 2.12. The number of hydrogen-bond acceptors (Lipinski definition) is 3. The minimum Gasteiger partial charge on any atom is -0.397 e. The van der Waals surface area contributed by atoms with Crippen LogP contribution in [0.3, 0.4) is 0 Å². The van der Waals surface area contributed by atoms with Crippen LogP contribution in [0.1, 0.15) is 42.6 Å². The van der Waals surface area contributed by atoms with Crippen molar-refractivity contribution in [3.05, 3.63) is 24.0 Å². The molecule has 0 spiro atoms. The van der Waals surface area contributed by atoms with Gasteiger partial charge in [-0.05, 0) is 25.0 Å². The molecule has 15 heavy (non-hydrogen) atoms. The topological polar surface area (TPSA) is 56.0 Å². The van der Waals surface area contributed by atoms with E-state index in [1.54, 1.807) is 18.3 Å². The van der Waals surface area contributed by atoms with Crippen LogP contribution in [0.25, 0.3) is 0 Å². The van der Waals surface area contributed by atoms with Crippen molar-refractivity contribution in [3.63, 3.8) is 0 Å². The molecule has 0 aliphatic heterocycles. The number of nitrogen functional groups attached to an aromatic ring is 1. The van der Waals surface area contributed by atoms with E-state index in [-0.39, 0.29) is 11.7 Å². The molecule has 0 radical (unpaired) electrons. The van der Waals surface area contributed by atoms with Crippen molar-refractivity contribution >= 4 is 11.5 Å². The molecule has 0 saturated heterocycles. The van der Waals surface area contributed by atoms with E-state index in [1.807, 2.05) is 0 Å². The van der Waals surface area contributed by atoms with Gasteiger partial charge in [0, 0.05) is 5.92 Å². The van der Waals surface area contributed by atoms with Crippen molar-refractivity contribution in [3.8, 4) is 0 Å². The van der Waals surface area contributed by atoms with Crippen LogP contribution in [0.2, 0.25) is 0 Å². The van der Waals surface area contributed by atoms with Crippen molar-refractivity contribution in [1.82, 2.24) is 4.98 Å². The molecule has 1 heterocycles. The summed E-state index contributed by atoms with van der Waals surface area (Å²) >= 11 is 0. The number of hydrogen-bond donors (Lipinski definition) is 1. The normalized spacial score (nSPS) is 17.6. The Kier molecular flexibility index (Phi) is 2.99. The maximum atomic E-state index is 12.0. The van der Waals surface area contributed by atoms with Crippen molar-refractivity contribution < 1.29 is 4.79 Å². The molecule has 3 heteroatoms. The van der Waals surface area contributed by atoms with Crippen LogP contribution in [0.4, 0.5) is 5.69 Å². The SMILES string of the molecule is Nc1ccc(C(=O)C2CCCCC2)nc1. The van der Waals surface area contributed by atoms with E-state index in [9.17, 15) is 4.79 Å². The molecule has 0 atom stereocenters. The highest BCUT2D eigenvalue weighted by Gasteiger charge is 2.22. The summed E-state index contributed by atoms with van der Waals surface area (Å²) < 4.78 is 0. The number of ketones is 1. The van der Waals surface area contributed by atoms with Gasteiger partial charge in [0.15, 0.2) is 5.78 Å². The summed E-state index contributed by atoms with van der Waals surface area (Å²) in [4.78, 5) is 16.1. The minimum absolute atomic E-state index is 0.190. The summed E-state index contributed by atoms with van der Waals surface area (Å²) in [7, 11) is 0. The first-order chi connectivity index (χ1) is 7.27. The zero-order valence-corrected chi connectivity index (χ0v) is 8.78. The summed E-state index contributed by atoms with van der Waals surface area (Å²) in [5.74, 6) is 0.379. The summed E-state index contributed by atoms with van der Waals surface area (Å²) in [6, 6.07) is 3.47. The third-order valence-electron chi connectivity index (χ3n) is 3.01. The summed E-state index contributed by atoms with van der Waals surface area (Å²) in [5.41, 5.74) is 6.70. The van der Waals surface area contributed by atoms with Crippen LogP contribution in [0.5, 0.6) is 0 Å². The highest BCUT2D eigenvalue weighted by Crippen LogP contribution is 2.26. The molecular formula is C12H16N2O. The van der Waals surface area contributed by atoms with Crippen LogP contribution in [0, 0.1) is 5.92 Å². The smallest absolute Gasteiger partial charge is 0.184 e. The van der Waals surface area contributed by atoms with E-state index >= 15 is 0 Å². The van der Waals surface area contributed by atoms with Crippen LogP contribution >= 0.6 is 0 Å². The summed E-state index contributed by atoms with van der Waals surface area (Å²) in [5, 5.41) is 0. The molecule has 0 aromatic carbocycles. The predicted molar refractivity (Wildman–Crippen MR) is 59.6 cm³/mol. The summed E-state index contributed by atoms with van der Waals surface area (Å²) in [6.07, 6.45) is 7.20. The standard InChI is InChI=1S/C12H16N2O/c13-10-6-7-11(14-8-10)12(15)9-4-2-1-3-5-9/h6-9H,1-5,13H2. The molecule has 80 valence electrons. The van der Waals surface area contributed by atoms with Gasteiger partial charge in [0.2, 0.25) is 0 Å². The number of nitrogens with zero attached hydrogens (tertiary/aromatic N) is 1. The third kappa shape index (κ3) is 2.35. The Balaban J connectivity index is 2.09. The molecule has 0 bridgehead atoms. The van der Waals surface area contributed by atoms with Gasteiger partial charge in [-0.2, -0.15) is 0 Å². The fraction of sp³-hybridized carbons (Fsp3) is 0.500. The van der Waals surface area contributed by atoms with Gasteiger partial charge in [0.1, 0.15) is 5.69 Å². The monoisotopic (exact) mass is 204 g/mol. The Bertz CT molecular complexity index is 339. The van der Waals surface area contributed by atoms with Crippen LogP contribution in [0.15, 0.2) is 18.3 Å². The van der Waals surface area contributed by atoms with Gasteiger partial charge in [-0.25, -0.2) is 0 Å². The number of pyridine rings is 1. The van der Waals surface area contributed by atoms with E-state index < -0.39 is 0 Å². The summed E-state index contributed by atoms with van der Waals surface area (Å²) in [6.45, 7) is 0. The highest BCUT2D eigenvalue weighted by atomic mass is 16.1. The number of anilines is 1. The van der Waals surface area contributed by atoms with Gasteiger partial charge in [-0.15, -0.1) is 0 Å². The van der Waals surface area contributed by atoms with Gasteiger partial charge in [0.05, 0.1) is 11.9 Å². The average Bonchev–Trinajstić information content (AvgIpc) is 2.30. The number of nitrogens with two attached hydrogens (primary N) is 1. The van der Waals surface area contributed by atoms with Gasteiger partial charge in [0.25, 0.3) is 0 Å². The van der Waals surface area contributed by atoms with E-state index in [0.717, 1.165) is 12.8 Å². The van der Waals surface area contributed by atoms with E-state index in [2.05, 4.69) is 4.98 Å². The van der Waals surface area contributed by atoms with Gasteiger partial charge in [-0.3, -0.25) is 9.78 Å². The molecule has 1 fully saturated rings. The minimum atomic E-state index is 0.190. The lowest BCUT2D eigenvalue weighted by Crippen LogP contribution is -2.18. The Hall–Kier alpha value is -1.38. The second kappa shape index (κ2) is 4.43. The molecule has 1 aromatic rings. The van der Waals surface area contributed by atoms with Crippen molar-refractivity contribution in [2.45, 2.75) is 32.1 Å². The molecule has 2 N–H and O–H groups in total. The quantitative estimate of drug-likeness (QED) is 0.753. The second-order valence-corrected chi connectivity index (χ2v) is 4.18. The van der Waals surface area contributed by atoms with Gasteiger partial charge < -0.3 is 5.73 Å². The van der Waals surface area contributed by atoms with Gasteiger partial charge >= 0.3 is 0 Å². The van der Waals surface area contributed by atoms with E-state index in [0.29, 0.717) is 11.4 Å². The van der Waals surface area contributed by atoms with Crippen molar-refractivity contribution in [2.75, 3.05) is 5.73 Å². The maximum Gasteiger partial charge on any atom is 0.184 e. The molecule has 1 aliphatic rings. The zero-order chi connectivity index (χ0) is 10.7. The average molecular weight is 204 g/mol. The van der Waals surface area contributed by atoms with Crippen molar-refractivity contribution in [2.24, 2.45) is 5.92 Å². The lowest BCUT2D eigenvalue weighted by Gasteiger charge is -2.19. The molecule has 1 aliphatic carbocycles. The van der Waals surface area contributed by atoms with Crippen LogP contribution in [-0.4, -0.2) is 10.8 Å². The Morgan fingerprint density at radius 3 is 2.60 bits per heavy atom. The number of Topliss-reactive ketones (excluding diaryl/α,β-unsaturated/α-hetero) is 1. The Labute approximate surface area is 89.7 Å². The Morgan fingerprint density at radius 2 is 2.00 bits per heavy atom. The first kappa shape index (κ1) is 10.1. The molecule has 3 nitrogen and oxygen atoms in total. The third-order valence-corrected chi connectivity index (χ3v) is 3.01. The highest BCUT2D eigenvalue weighted by molar-refractivity contribution is 5.96. The number of rotatable bonds is 2. The maximum absolute atomic E-state index is 12.0. The van der Waals surface area contributed by atoms with E-state index in [4.69, 9.17) is 5.73 Å². The number of aromatic nitrogens is 1. The van der Waals surface area contributed by atoms with Crippen LogP contribution in [-0.2, 0) is 0 Å². The largest absolute Gasteiger partial charge is 0.397 e. The lowest BCUT2D eigenvalue weighted by molar-refractivity contribution is 0.0884. The van der Waals surface area contributed by atoms with E-state index in [1.165, 1.54) is 19.3 Å². The zero-order valence-electron chi connectivity index (χ0n) is 8.78. The number of carbonyl (C=O) groups is 1. The first-order valence-electron chi connectivity index (χ1n) is 5.53. The van der Waals surface area contributed by atoms with Crippen LogP contribution < -0.4 is 5.73 Å². The van der Waals surface area contributed by atoms with Gasteiger partial charge in [-0.1, -0.05) is 19.3 Å².